The van der Waals surface area contributed by atoms with Crippen LogP contribution >= 0.6 is 0 Å². The molecule has 0 fully saturated rings. The van der Waals surface area contributed by atoms with Gasteiger partial charge in [-0.15, -0.1) is 0 Å². The minimum atomic E-state index is -1.07. The maximum absolute atomic E-state index is 10.9. The normalized spacial score (nSPS) is 12.6. The lowest BCUT2D eigenvalue weighted by molar-refractivity contribution is -0.384. The van der Waals surface area contributed by atoms with E-state index in [4.69, 9.17) is 13.6 Å². The molecular weight excluding hydrogens is 338 g/mol. The summed E-state index contributed by atoms with van der Waals surface area (Å²) in [4.78, 5) is 10.5. The first-order valence-electron chi connectivity index (χ1n) is 7.91. The Morgan fingerprint density at radius 1 is 1.12 bits per heavy atom. The van der Waals surface area contributed by atoms with Crippen LogP contribution in [0.5, 0.6) is 5.75 Å². The third-order valence-corrected chi connectivity index (χ3v) is 4.39. The molecule has 0 saturated heterocycles. The molecule has 0 aliphatic rings. The van der Waals surface area contributed by atoms with Crippen molar-refractivity contribution in [3.8, 4) is 5.75 Å². The number of non-ortho nitro benzene ring substituents is 1. The zero-order valence-corrected chi connectivity index (χ0v) is 14.1. The molecule has 0 saturated carbocycles. The lowest BCUT2D eigenvalue weighted by Gasteiger charge is -2.07. The molecule has 26 heavy (non-hydrogen) atoms. The summed E-state index contributed by atoms with van der Waals surface area (Å²) in [6.45, 7) is 1.76. The molecule has 4 aromatic rings. The van der Waals surface area contributed by atoms with E-state index in [0.29, 0.717) is 33.6 Å². The van der Waals surface area contributed by atoms with E-state index in [1.807, 2.05) is 0 Å². The van der Waals surface area contributed by atoms with Crippen molar-refractivity contribution < 1.29 is 23.6 Å². The van der Waals surface area contributed by atoms with Crippen molar-refractivity contribution in [2.45, 2.75) is 13.0 Å². The molecule has 2 aromatic carbocycles. The Morgan fingerprint density at radius 3 is 2.62 bits per heavy atom. The fourth-order valence-electron chi connectivity index (χ4n) is 3.13. The summed E-state index contributed by atoms with van der Waals surface area (Å²) >= 11 is 0. The Balaban J connectivity index is 1.83. The van der Waals surface area contributed by atoms with Crippen LogP contribution in [0.1, 0.15) is 23.2 Å². The van der Waals surface area contributed by atoms with Crippen LogP contribution in [0, 0.1) is 17.0 Å². The summed E-state index contributed by atoms with van der Waals surface area (Å²) in [6.07, 6.45) is -1.07. The average Bonchev–Trinajstić information content (AvgIpc) is 3.19. The zero-order chi connectivity index (χ0) is 18.4. The quantitative estimate of drug-likeness (QED) is 0.429. The molecule has 0 aliphatic heterocycles. The van der Waals surface area contributed by atoms with E-state index in [9.17, 15) is 15.2 Å². The molecule has 0 amide bonds. The van der Waals surface area contributed by atoms with Crippen LogP contribution in [0.25, 0.3) is 21.9 Å². The lowest BCUT2D eigenvalue weighted by atomic mass is 10.0. The molecule has 0 bridgehead atoms. The molecule has 0 aliphatic carbocycles. The number of fused-ring (bicyclic) bond motifs is 2. The Kier molecular flexibility index (Phi) is 3.66. The summed E-state index contributed by atoms with van der Waals surface area (Å²) in [5.41, 5.74) is 1.64. The van der Waals surface area contributed by atoms with Crippen molar-refractivity contribution in [2.75, 3.05) is 7.11 Å². The van der Waals surface area contributed by atoms with Crippen LogP contribution in [-0.4, -0.2) is 17.1 Å². The van der Waals surface area contributed by atoms with E-state index in [0.717, 1.165) is 5.39 Å². The summed E-state index contributed by atoms with van der Waals surface area (Å²) in [7, 11) is 1.57. The van der Waals surface area contributed by atoms with Crippen LogP contribution in [0.2, 0.25) is 0 Å². The molecule has 2 heterocycles. The number of nitrogens with zero attached hydrogens (tertiary/aromatic N) is 1. The molecule has 1 atom stereocenters. The van der Waals surface area contributed by atoms with Gasteiger partial charge in [0.15, 0.2) is 0 Å². The standard InChI is InChI=1S/C19H15NO6/c1-10-18(14-9-13(24-2)4-6-16(14)25-10)19(21)17-8-11-7-12(20(22)23)3-5-15(11)26-17/h3-9,19,21H,1-2H3. The van der Waals surface area contributed by atoms with Gasteiger partial charge in [-0.05, 0) is 37.3 Å². The molecule has 0 spiro atoms. The van der Waals surface area contributed by atoms with Gasteiger partial charge in [0.25, 0.3) is 5.69 Å². The number of aliphatic hydroxyl groups excluding tert-OH is 1. The van der Waals surface area contributed by atoms with Gasteiger partial charge in [0.1, 0.15) is 34.5 Å². The van der Waals surface area contributed by atoms with Crippen molar-refractivity contribution >= 4 is 27.6 Å². The highest BCUT2D eigenvalue weighted by Gasteiger charge is 2.24. The van der Waals surface area contributed by atoms with E-state index in [1.54, 1.807) is 38.3 Å². The van der Waals surface area contributed by atoms with Gasteiger partial charge in [-0.1, -0.05) is 0 Å². The van der Waals surface area contributed by atoms with Gasteiger partial charge in [-0.3, -0.25) is 10.1 Å². The van der Waals surface area contributed by atoms with Crippen LogP contribution in [0.15, 0.2) is 51.3 Å². The Morgan fingerprint density at radius 2 is 1.88 bits per heavy atom. The van der Waals surface area contributed by atoms with Crippen LogP contribution in [-0.2, 0) is 0 Å². The van der Waals surface area contributed by atoms with E-state index in [1.165, 1.54) is 18.2 Å². The van der Waals surface area contributed by atoms with Gasteiger partial charge in [0.05, 0.1) is 12.0 Å². The first kappa shape index (κ1) is 16.2. The Labute approximate surface area is 147 Å². The number of methoxy groups -OCH3 is 1. The number of aryl methyl sites for hydroxylation is 1. The number of hydrogen-bond donors (Lipinski definition) is 1. The summed E-state index contributed by atoms with van der Waals surface area (Å²) < 4.78 is 16.7. The van der Waals surface area contributed by atoms with Crippen LogP contribution < -0.4 is 4.74 Å². The lowest BCUT2D eigenvalue weighted by Crippen LogP contribution is -1.99. The van der Waals surface area contributed by atoms with Crippen molar-refractivity contribution in [3.05, 3.63) is 69.7 Å². The van der Waals surface area contributed by atoms with Crippen LogP contribution in [0.4, 0.5) is 5.69 Å². The molecule has 1 unspecified atom stereocenters. The fourth-order valence-corrected chi connectivity index (χ4v) is 3.13. The third kappa shape index (κ3) is 2.49. The predicted molar refractivity (Wildman–Crippen MR) is 94.4 cm³/mol. The van der Waals surface area contributed by atoms with Gasteiger partial charge in [0.2, 0.25) is 0 Å². The molecular formula is C19H15NO6. The van der Waals surface area contributed by atoms with Crippen molar-refractivity contribution in [3.63, 3.8) is 0 Å². The summed E-state index contributed by atoms with van der Waals surface area (Å²) in [5.74, 6) is 1.49. The number of aliphatic hydroxyl groups is 1. The molecule has 1 N–H and O–H groups in total. The SMILES string of the molecule is COc1ccc2oc(C)c(C(O)c3cc4cc([N+](=O)[O-])ccc4o3)c2c1. The minimum Gasteiger partial charge on any atom is -0.497 e. The smallest absolute Gasteiger partial charge is 0.270 e. The Hall–Kier alpha value is -3.32. The molecule has 0 radical (unpaired) electrons. The maximum Gasteiger partial charge on any atom is 0.270 e. The topological polar surface area (TPSA) is 98.9 Å². The number of furan rings is 2. The number of benzene rings is 2. The molecule has 132 valence electrons. The van der Waals surface area contributed by atoms with Crippen molar-refractivity contribution in [1.82, 2.24) is 0 Å². The van der Waals surface area contributed by atoms with Crippen molar-refractivity contribution in [2.24, 2.45) is 0 Å². The monoisotopic (exact) mass is 353 g/mol. The number of nitro benzene ring substituents is 1. The predicted octanol–water partition coefficient (Wildman–Crippen LogP) is 4.49. The number of nitro groups is 1. The Bertz CT molecular complexity index is 1140. The minimum absolute atomic E-state index is 0.0333. The van der Waals surface area contributed by atoms with Gasteiger partial charge >= 0.3 is 0 Å². The molecule has 4 rings (SSSR count). The van der Waals surface area contributed by atoms with Crippen LogP contribution in [0.3, 0.4) is 0 Å². The first-order chi connectivity index (χ1) is 12.5. The van der Waals surface area contributed by atoms with E-state index < -0.39 is 11.0 Å². The number of hydrogen-bond acceptors (Lipinski definition) is 6. The summed E-state index contributed by atoms with van der Waals surface area (Å²) in [6, 6.07) is 11.3. The number of rotatable bonds is 4. The van der Waals surface area contributed by atoms with Gasteiger partial charge in [-0.25, -0.2) is 0 Å². The zero-order valence-electron chi connectivity index (χ0n) is 14.1. The summed E-state index contributed by atoms with van der Waals surface area (Å²) in [5, 5.41) is 23.1. The third-order valence-electron chi connectivity index (χ3n) is 4.39. The second-order valence-corrected chi connectivity index (χ2v) is 5.96. The fraction of sp³-hybridized carbons (Fsp3) is 0.158. The first-order valence-corrected chi connectivity index (χ1v) is 7.91. The molecule has 7 nitrogen and oxygen atoms in total. The van der Waals surface area contributed by atoms with Gasteiger partial charge < -0.3 is 18.7 Å². The van der Waals surface area contributed by atoms with E-state index in [2.05, 4.69) is 0 Å². The largest absolute Gasteiger partial charge is 0.497 e. The van der Waals surface area contributed by atoms with Crippen molar-refractivity contribution in [1.29, 1.82) is 0 Å². The van der Waals surface area contributed by atoms with E-state index >= 15 is 0 Å². The maximum atomic E-state index is 10.9. The molecule has 2 aromatic heterocycles. The second-order valence-electron chi connectivity index (χ2n) is 5.96. The average molecular weight is 353 g/mol. The molecule has 7 heteroatoms. The van der Waals surface area contributed by atoms with E-state index in [-0.39, 0.29) is 11.4 Å². The van der Waals surface area contributed by atoms with Gasteiger partial charge in [-0.2, -0.15) is 0 Å². The second kappa shape index (κ2) is 5.89. The number of ether oxygens (including phenoxy) is 1. The highest BCUT2D eigenvalue weighted by atomic mass is 16.6. The van der Waals surface area contributed by atoms with Gasteiger partial charge in [0, 0.05) is 28.5 Å². The highest BCUT2D eigenvalue weighted by Crippen LogP contribution is 2.37. The highest BCUT2D eigenvalue weighted by molar-refractivity contribution is 5.85.